The highest BCUT2D eigenvalue weighted by Crippen LogP contribution is 2.27. The first-order valence-electron chi connectivity index (χ1n) is 4.74. The van der Waals surface area contributed by atoms with Gasteiger partial charge in [-0.1, -0.05) is 20.8 Å². The van der Waals surface area contributed by atoms with Crippen molar-refractivity contribution in [3.05, 3.63) is 11.3 Å². The summed E-state index contributed by atoms with van der Waals surface area (Å²) in [4.78, 5) is 0. The van der Waals surface area contributed by atoms with Gasteiger partial charge >= 0.3 is 0 Å². The van der Waals surface area contributed by atoms with E-state index in [2.05, 4.69) is 25.9 Å². The van der Waals surface area contributed by atoms with Crippen LogP contribution in [-0.2, 0) is 7.05 Å². The van der Waals surface area contributed by atoms with Gasteiger partial charge in [-0.15, -0.1) is 0 Å². The number of nitrogens with two attached hydrogens (primary N) is 1. The van der Waals surface area contributed by atoms with E-state index >= 15 is 0 Å². The highest BCUT2D eigenvalue weighted by molar-refractivity contribution is 5.43. The Morgan fingerprint density at radius 3 is 2.15 bits per heavy atom. The van der Waals surface area contributed by atoms with Gasteiger partial charge in [-0.3, -0.25) is 4.68 Å². The molecular weight excluding hydrogens is 162 g/mol. The van der Waals surface area contributed by atoms with E-state index in [4.69, 9.17) is 5.73 Å². The molecule has 0 bridgehead atoms. The average molecular weight is 181 g/mol. The number of hydrogen-bond acceptors (Lipinski definition) is 2. The third-order valence-corrected chi connectivity index (χ3v) is 2.81. The van der Waals surface area contributed by atoms with Crippen molar-refractivity contribution in [1.82, 2.24) is 9.78 Å². The summed E-state index contributed by atoms with van der Waals surface area (Å²) < 4.78 is 1.75. The van der Waals surface area contributed by atoms with Crippen LogP contribution in [0.25, 0.3) is 0 Å². The minimum Gasteiger partial charge on any atom is -0.384 e. The van der Waals surface area contributed by atoms with E-state index in [-0.39, 0.29) is 0 Å². The summed E-state index contributed by atoms with van der Waals surface area (Å²) in [5, 5.41) is 4.42. The van der Waals surface area contributed by atoms with Gasteiger partial charge in [0.05, 0.1) is 5.69 Å². The van der Waals surface area contributed by atoms with Gasteiger partial charge in [0.1, 0.15) is 5.82 Å². The molecule has 1 aromatic rings. The maximum absolute atomic E-state index is 5.84. The van der Waals surface area contributed by atoms with Crippen molar-refractivity contribution in [2.75, 3.05) is 5.73 Å². The normalized spacial score (nSPS) is 13.7. The van der Waals surface area contributed by atoms with Gasteiger partial charge in [-0.05, 0) is 12.8 Å². The molecule has 1 atom stereocenters. The van der Waals surface area contributed by atoms with Crippen LogP contribution in [0.4, 0.5) is 5.82 Å². The Bertz CT molecular complexity index is 299. The zero-order valence-electron chi connectivity index (χ0n) is 9.13. The third kappa shape index (κ3) is 1.69. The van der Waals surface area contributed by atoms with Crippen molar-refractivity contribution in [3.8, 4) is 0 Å². The number of rotatable bonds is 2. The molecule has 0 fully saturated rings. The van der Waals surface area contributed by atoms with Crippen molar-refractivity contribution in [2.45, 2.75) is 33.6 Å². The monoisotopic (exact) mass is 181 g/mol. The zero-order valence-corrected chi connectivity index (χ0v) is 9.13. The highest BCUT2D eigenvalue weighted by atomic mass is 15.3. The second-order valence-electron chi connectivity index (χ2n) is 4.05. The van der Waals surface area contributed by atoms with Gasteiger partial charge in [-0.25, -0.2) is 0 Å². The SMILES string of the molecule is Cc1c(C(C)C(C)C)nn(C)c1N. The molecule has 0 radical (unpaired) electrons. The molecule has 2 N–H and O–H groups in total. The van der Waals surface area contributed by atoms with E-state index in [1.165, 1.54) is 0 Å². The van der Waals surface area contributed by atoms with Crippen molar-refractivity contribution in [2.24, 2.45) is 13.0 Å². The second-order valence-corrected chi connectivity index (χ2v) is 4.05. The van der Waals surface area contributed by atoms with Crippen LogP contribution in [0, 0.1) is 12.8 Å². The van der Waals surface area contributed by atoms with Crippen LogP contribution in [0.1, 0.15) is 37.9 Å². The van der Waals surface area contributed by atoms with Gasteiger partial charge in [-0.2, -0.15) is 5.10 Å². The van der Waals surface area contributed by atoms with Gasteiger partial charge in [0, 0.05) is 18.5 Å². The standard InChI is InChI=1S/C10H19N3/c1-6(2)7(3)9-8(4)10(11)13(5)12-9/h6-7H,11H2,1-5H3. The van der Waals surface area contributed by atoms with E-state index < -0.39 is 0 Å². The Balaban J connectivity index is 3.08. The Labute approximate surface area is 79.9 Å². The zero-order chi connectivity index (χ0) is 10.2. The van der Waals surface area contributed by atoms with Crippen molar-refractivity contribution < 1.29 is 0 Å². The van der Waals surface area contributed by atoms with E-state index in [1.54, 1.807) is 4.68 Å². The minimum absolute atomic E-state index is 0.475. The smallest absolute Gasteiger partial charge is 0.124 e. The van der Waals surface area contributed by atoms with Crippen molar-refractivity contribution >= 4 is 5.82 Å². The maximum Gasteiger partial charge on any atom is 0.124 e. The molecule has 0 aliphatic carbocycles. The number of aryl methyl sites for hydroxylation is 1. The number of nitrogens with zero attached hydrogens (tertiary/aromatic N) is 2. The minimum atomic E-state index is 0.475. The number of hydrogen-bond donors (Lipinski definition) is 1. The van der Waals surface area contributed by atoms with Gasteiger partial charge in [0.15, 0.2) is 0 Å². The number of nitrogen functional groups attached to an aromatic ring is 1. The van der Waals surface area contributed by atoms with E-state index in [0.29, 0.717) is 11.8 Å². The van der Waals surface area contributed by atoms with Crippen LogP contribution in [0.3, 0.4) is 0 Å². The van der Waals surface area contributed by atoms with E-state index in [9.17, 15) is 0 Å². The average Bonchev–Trinajstić information content (AvgIpc) is 2.31. The Morgan fingerprint density at radius 1 is 1.31 bits per heavy atom. The summed E-state index contributed by atoms with van der Waals surface area (Å²) in [6.07, 6.45) is 0. The quantitative estimate of drug-likeness (QED) is 0.759. The molecule has 74 valence electrons. The molecule has 1 unspecified atom stereocenters. The first-order valence-corrected chi connectivity index (χ1v) is 4.74. The van der Waals surface area contributed by atoms with Crippen molar-refractivity contribution in [1.29, 1.82) is 0 Å². The van der Waals surface area contributed by atoms with E-state index in [0.717, 1.165) is 17.1 Å². The molecular formula is C10H19N3. The fourth-order valence-corrected chi connectivity index (χ4v) is 1.41. The fraction of sp³-hybridized carbons (Fsp3) is 0.700. The summed E-state index contributed by atoms with van der Waals surface area (Å²) in [6.45, 7) is 8.64. The molecule has 0 aliphatic rings. The predicted octanol–water partition coefficient (Wildman–Crippen LogP) is 2.07. The number of anilines is 1. The first-order chi connectivity index (χ1) is 5.95. The van der Waals surface area contributed by atoms with Gasteiger partial charge in [0.25, 0.3) is 0 Å². The van der Waals surface area contributed by atoms with Crippen LogP contribution < -0.4 is 5.73 Å². The lowest BCUT2D eigenvalue weighted by molar-refractivity contribution is 0.515. The van der Waals surface area contributed by atoms with Crippen LogP contribution in [0.5, 0.6) is 0 Å². The molecule has 0 aromatic carbocycles. The van der Waals surface area contributed by atoms with E-state index in [1.807, 2.05) is 14.0 Å². The lowest BCUT2D eigenvalue weighted by Gasteiger charge is -2.13. The highest BCUT2D eigenvalue weighted by Gasteiger charge is 2.18. The molecule has 0 saturated heterocycles. The first kappa shape index (κ1) is 10.1. The predicted molar refractivity (Wildman–Crippen MR) is 55.6 cm³/mol. The molecule has 1 heterocycles. The molecule has 3 heteroatoms. The molecule has 1 aromatic heterocycles. The maximum atomic E-state index is 5.84. The fourth-order valence-electron chi connectivity index (χ4n) is 1.41. The molecule has 1 rings (SSSR count). The van der Waals surface area contributed by atoms with Gasteiger partial charge in [0.2, 0.25) is 0 Å². The lowest BCUT2D eigenvalue weighted by atomic mass is 9.93. The van der Waals surface area contributed by atoms with Crippen LogP contribution >= 0.6 is 0 Å². The van der Waals surface area contributed by atoms with Crippen LogP contribution in [-0.4, -0.2) is 9.78 Å². The molecule has 0 spiro atoms. The number of aromatic nitrogens is 2. The Morgan fingerprint density at radius 2 is 1.85 bits per heavy atom. The molecule has 3 nitrogen and oxygen atoms in total. The summed E-state index contributed by atoms with van der Waals surface area (Å²) >= 11 is 0. The molecule has 0 saturated carbocycles. The van der Waals surface area contributed by atoms with Gasteiger partial charge < -0.3 is 5.73 Å². The summed E-state index contributed by atoms with van der Waals surface area (Å²) in [6, 6.07) is 0. The summed E-state index contributed by atoms with van der Waals surface area (Å²) in [7, 11) is 1.89. The summed E-state index contributed by atoms with van der Waals surface area (Å²) in [5.41, 5.74) is 8.10. The molecule has 13 heavy (non-hydrogen) atoms. The lowest BCUT2D eigenvalue weighted by Crippen LogP contribution is -2.04. The van der Waals surface area contributed by atoms with Crippen LogP contribution in [0.2, 0.25) is 0 Å². The molecule has 0 aliphatic heterocycles. The van der Waals surface area contributed by atoms with Crippen LogP contribution in [0.15, 0.2) is 0 Å². The topological polar surface area (TPSA) is 43.8 Å². The van der Waals surface area contributed by atoms with Crippen molar-refractivity contribution in [3.63, 3.8) is 0 Å². The summed E-state index contributed by atoms with van der Waals surface area (Å²) in [5.74, 6) is 1.86. The molecule has 0 amide bonds. The Kier molecular flexibility index (Phi) is 2.64. The third-order valence-electron chi connectivity index (χ3n) is 2.81. The second kappa shape index (κ2) is 3.40. The largest absolute Gasteiger partial charge is 0.384 e. The Hall–Kier alpha value is -0.990.